The fourth-order valence-electron chi connectivity index (χ4n) is 2.90. The second-order valence-electron chi connectivity index (χ2n) is 6.37. The van der Waals surface area contributed by atoms with Gasteiger partial charge >= 0.3 is 5.97 Å². The number of Topliss-reactive ketones (excluding diaryl/α,β-unsaturated/α-hetero) is 1. The monoisotopic (exact) mass is 339 g/mol. The second kappa shape index (κ2) is 6.59. The molecule has 0 aliphatic rings. The average molecular weight is 339 g/mol. The number of hydrogen-bond acceptors (Lipinski definition) is 4. The maximum Gasteiger partial charge on any atom is 0.310 e. The number of fused-ring (bicyclic) bond motifs is 1. The first-order chi connectivity index (χ1) is 11.9. The van der Waals surface area contributed by atoms with Gasteiger partial charge in [-0.15, -0.1) is 0 Å². The van der Waals surface area contributed by atoms with Crippen molar-refractivity contribution in [1.82, 2.24) is 4.57 Å². The summed E-state index contributed by atoms with van der Waals surface area (Å²) in [5.74, 6) is -0.635. The number of rotatable bonds is 5. The second-order valence-corrected chi connectivity index (χ2v) is 6.37. The zero-order valence-electron chi connectivity index (χ0n) is 14.9. The van der Waals surface area contributed by atoms with E-state index in [1.807, 2.05) is 56.7 Å². The van der Waals surface area contributed by atoms with E-state index in [0.717, 1.165) is 33.5 Å². The summed E-state index contributed by atoms with van der Waals surface area (Å²) in [6.45, 7) is 5.54. The number of benzene rings is 1. The van der Waals surface area contributed by atoms with Crippen molar-refractivity contribution in [3.63, 3.8) is 0 Å². The van der Waals surface area contributed by atoms with E-state index in [1.165, 1.54) is 0 Å². The SMILES string of the molecule is Cc1ccc2c(CC(=O)OCC(=O)c3cc(C)n(C)c3C)coc2c1. The third-order valence-electron chi connectivity index (χ3n) is 4.59. The molecule has 3 aromatic rings. The highest BCUT2D eigenvalue weighted by molar-refractivity contribution is 5.99. The summed E-state index contributed by atoms with van der Waals surface area (Å²) >= 11 is 0. The van der Waals surface area contributed by atoms with Crippen molar-refractivity contribution in [3.8, 4) is 0 Å². The van der Waals surface area contributed by atoms with E-state index in [0.29, 0.717) is 5.56 Å². The molecule has 0 fully saturated rings. The first-order valence-electron chi connectivity index (χ1n) is 8.15. The number of aromatic nitrogens is 1. The van der Waals surface area contributed by atoms with Crippen LogP contribution in [0.15, 0.2) is 34.9 Å². The van der Waals surface area contributed by atoms with Crippen molar-refractivity contribution in [1.29, 1.82) is 0 Å². The number of aryl methyl sites for hydroxylation is 2. The Morgan fingerprint density at radius 1 is 1.16 bits per heavy atom. The number of ether oxygens (including phenoxy) is 1. The molecule has 1 aromatic carbocycles. The largest absolute Gasteiger partial charge is 0.464 e. The lowest BCUT2D eigenvalue weighted by Gasteiger charge is -2.04. The minimum absolute atomic E-state index is 0.0795. The maximum atomic E-state index is 12.3. The van der Waals surface area contributed by atoms with Gasteiger partial charge in [-0.2, -0.15) is 0 Å². The van der Waals surface area contributed by atoms with Gasteiger partial charge in [0.25, 0.3) is 0 Å². The number of furan rings is 1. The lowest BCUT2D eigenvalue weighted by atomic mass is 10.1. The molecule has 0 atom stereocenters. The van der Waals surface area contributed by atoms with Gasteiger partial charge < -0.3 is 13.7 Å². The molecule has 0 N–H and O–H groups in total. The first kappa shape index (κ1) is 17.0. The van der Waals surface area contributed by atoms with Gasteiger partial charge in [-0.3, -0.25) is 9.59 Å². The molecule has 0 aliphatic carbocycles. The van der Waals surface area contributed by atoms with Gasteiger partial charge in [0.15, 0.2) is 6.61 Å². The summed E-state index contributed by atoms with van der Waals surface area (Å²) in [6.07, 6.45) is 1.65. The van der Waals surface area contributed by atoms with Gasteiger partial charge in [0, 0.05) is 34.9 Å². The maximum absolute atomic E-state index is 12.3. The zero-order chi connectivity index (χ0) is 18.1. The molecule has 3 rings (SSSR count). The Morgan fingerprint density at radius 2 is 1.92 bits per heavy atom. The van der Waals surface area contributed by atoms with E-state index in [-0.39, 0.29) is 18.8 Å². The van der Waals surface area contributed by atoms with Crippen LogP contribution < -0.4 is 0 Å². The van der Waals surface area contributed by atoms with Gasteiger partial charge in [0.05, 0.1) is 12.7 Å². The summed E-state index contributed by atoms with van der Waals surface area (Å²) in [6, 6.07) is 7.64. The predicted molar refractivity (Wildman–Crippen MR) is 94.8 cm³/mol. The normalized spacial score (nSPS) is 11.0. The van der Waals surface area contributed by atoms with Crippen LogP contribution in [0.2, 0.25) is 0 Å². The lowest BCUT2D eigenvalue weighted by Crippen LogP contribution is -2.16. The highest BCUT2D eigenvalue weighted by Crippen LogP contribution is 2.23. The van der Waals surface area contributed by atoms with Crippen LogP contribution in [0.5, 0.6) is 0 Å². The molecule has 0 saturated carbocycles. The van der Waals surface area contributed by atoms with Gasteiger partial charge in [-0.25, -0.2) is 0 Å². The number of ketones is 1. The van der Waals surface area contributed by atoms with E-state index in [4.69, 9.17) is 9.15 Å². The molecule has 130 valence electrons. The van der Waals surface area contributed by atoms with Crippen molar-refractivity contribution >= 4 is 22.7 Å². The summed E-state index contributed by atoms with van der Waals surface area (Å²) in [5, 5.41) is 0.892. The minimum Gasteiger partial charge on any atom is -0.464 e. The number of carbonyl (C=O) groups is 2. The molecule has 0 aliphatic heterocycles. The van der Waals surface area contributed by atoms with Crippen molar-refractivity contribution in [2.45, 2.75) is 27.2 Å². The smallest absolute Gasteiger partial charge is 0.310 e. The number of esters is 1. The lowest BCUT2D eigenvalue weighted by molar-refractivity contribution is -0.141. The standard InChI is InChI=1S/C20H21NO4/c1-12-5-6-16-15(10-24-19(16)7-12)9-20(23)25-11-18(22)17-8-13(2)21(4)14(17)3/h5-8,10H,9,11H2,1-4H3. The van der Waals surface area contributed by atoms with E-state index in [1.54, 1.807) is 6.26 Å². The van der Waals surface area contributed by atoms with E-state index in [2.05, 4.69) is 0 Å². The molecule has 0 bridgehead atoms. The third kappa shape index (κ3) is 3.36. The molecule has 5 heteroatoms. The van der Waals surface area contributed by atoms with Crippen molar-refractivity contribution in [2.75, 3.05) is 6.61 Å². The van der Waals surface area contributed by atoms with Crippen LogP contribution in [0, 0.1) is 20.8 Å². The molecule has 25 heavy (non-hydrogen) atoms. The molecule has 0 saturated heterocycles. The first-order valence-corrected chi connectivity index (χ1v) is 8.15. The highest BCUT2D eigenvalue weighted by Gasteiger charge is 2.17. The molecule has 2 aromatic heterocycles. The fourth-order valence-corrected chi connectivity index (χ4v) is 2.90. The average Bonchev–Trinajstić information content (AvgIpc) is 3.08. The predicted octanol–water partition coefficient (Wildman–Crippen LogP) is 3.67. The van der Waals surface area contributed by atoms with Gasteiger partial charge in [0.1, 0.15) is 5.58 Å². The Morgan fingerprint density at radius 3 is 2.60 bits per heavy atom. The van der Waals surface area contributed by atoms with Crippen LogP contribution in [0.3, 0.4) is 0 Å². The summed E-state index contributed by atoms with van der Waals surface area (Å²) < 4.78 is 12.6. The Balaban J connectivity index is 1.64. The van der Waals surface area contributed by atoms with Crippen molar-refractivity contribution < 1.29 is 18.7 Å². The van der Waals surface area contributed by atoms with Crippen LogP contribution in [0.1, 0.15) is 32.9 Å². The fraction of sp³-hybridized carbons (Fsp3) is 0.300. The molecule has 0 unspecified atom stereocenters. The van der Waals surface area contributed by atoms with Crippen LogP contribution >= 0.6 is 0 Å². The molecular weight excluding hydrogens is 318 g/mol. The topological polar surface area (TPSA) is 61.4 Å². The molecule has 5 nitrogen and oxygen atoms in total. The zero-order valence-corrected chi connectivity index (χ0v) is 14.9. The van der Waals surface area contributed by atoms with Crippen molar-refractivity contribution in [2.24, 2.45) is 7.05 Å². The Bertz CT molecular complexity index is 962. The van der Waals surface area contributed by atoms with Crippen LogP contribution in [-0.4, -0.2) is 22.9 Å². The molecule has 0 radical (unpaired) electrons. The molecular formula is C20H21NO4. The van der Waals surface area contributed by atoms with E-state index >= 15 is 0 Å². The molecule has 0 amide bonds. The van der Waals surface area contributed by atoms with E-state index in [9.17, 15) is 9.59 Å². The molecule has 0 spiro atoms. The Hall–Kier alpha value is -2.82. The van der Waals surface area contributed by atoms with Crippen LogP contribution in [0.4, 0.5) is 0 Å². The number of nitrogens with zero attached hydrogens (tertiary/aromatic N) is 1. The van der Waals surface area contributed by atoms with Gasteiger partial charge in [0.2, 0.25) is 5.78 Å². The van der Waals surface area contributed by atoms with Crippen molar-refractivity contribution in [3.05, 3.63) is 58.6 Å². The minimum atomic E-state index is -0.443. The van der Waals surface area contributed by atoms with Gasteiger partial charge in [-0.05, 0) is 38.5 Å². The third-order valence-corrected chi connectivity index (χ3v) is 4.59. The number of carbonyl (C=O) groups excluding carboxylic acids is 2. The van der Waals surface area contributed by atoms with Gasteiger partial charge in [-0.1, -0.05) is 12.1 Å². The molecule has 2 heterocycles. The Labute approximate surface area is 146 Å². The summed E-state index contributed by atoms with van der Waals surface area (Å²) in [7, 11) is 1.90. The Kier molecular flexibility index (Phi) is 4.49. The van der Waals surface area contributed by atoms with Crippen LogP contribution in [0.25, 0.3) is 11.0 Å². The highest BCUT2D eigenvalue weighted by atomic mass is 16.5. The summed E-state index contributed by atoms with van der Waals surface area (Å²) in [5.41, 5.74) is 5.06. The van der Waals surface area contributed by atoms with Crippen LogP contribution in [-0.2, 0) is 23.0 Å². The van der Waals surface area contributed by atoms with E-state index < -0.39 is 5.97 Å². The number of hydrogen-bond donors (Lipinski definition) is 0. The summed E-state index contributed by atoms with van der Waals surface area (Å²) in [4.78, 5) is 24.4. The quantitative estimate of drug-likeness (QED) is 0.526.